The maximum atomic E-state index is 12.5. The van der Waals surface area contributed by atoms with Crippen LogP contribution in [0.5, 0.6) is 0 Å². The number of nitrogens with zero attached hydrogens (tertiary/aromatic N) is 4. The number of anilines is 1. The van der Waals surface area contributed by atoms with E-state index in [2.05, 4.69) is 28.2 Å². The van der Waals surface area contributed by atoms with Gasteiger partial charge in [0, 0.05) is 31.7 Å². The van der Waals surface area contributed by atoms with E-state index in [1.54, 1.807) is 13.8 Å². The Labute approximate surface area is 175 Å². The van der Waals surface area contributed by atoms with E-state index >= 15 is 0 Å². The molecule has 3 rings (SSSR count). The van der Waals surface area contributed by atoms with Crippen LogP contribution in [-0.4, -0.2) is 59.9 Å². The molecule has 1 aromatic heterocycles. The van der Waals surface area contributed by atoms with Gasteiger partial charge in [0.2, 0.25) is 11.8 Å². The summed E-state index contributed by atoms with van der Waals surface area (Å²) in [4.78, 5) is 21.8. The number of carbonyl (C=O) groups excluding carboxylic acids is 1. The van der Waals surface area contributed by atoms with Gasteiger partial charge in [-0.3, -0.25) is 10.1 Å². The van der Waals surface area contributed by atoms with E-state index < -0.39 is 0 Å². The van der Waals surface area contributed by atoms with Crippen LogP contribution in [0.4, 0.5) is 11.6 Å². The predicted octanol–water partition coefficient (Wildman–Crippen LogP) is 3.37. The number of thioether (sulfide) groups is 1. The lowest BCUT2D eigenvalue weighted by Crippen LogP contribution is -2.46. The molecule has 1 N–H and O–H groups in total. The maximum Gasteiger partial charge on any atom is 0.237 e. The number of carbonyl (C=O) groups is 1. The number of hydrogen-bond donors (Lipinski definition) is 1. The molecule has 0 saturated carbocycles. The van der Waals surface area contributed by atoms with Gasteiger partial charge in [-0.1, -0.05) is 30.0 Å². The molecule has 0 unspecified atom stereocenters. The molecule has 1 amide bonds. The van der Waals surface area contributed by atoms with E-state index in [1.165, 1.54) is 11.8 Å². The van der Waals surface area contributed by atoms with E-state index in [9.17, 15) is 10.1 Å². The summed E-state index contributed by atoms with van der Waals surface area (Å²) < 4.78 is 5.53. The number of rotatable bonds is 4. The van der Waals surface area contributed by atoms with Gasteiger partial charge < -0.3 is 14.2 Å². The first-order valence-corrected chi connectivity index (χ1v) is 10.5. The Morgan fingerprint density at radius 2 is 1.93 bits per heavy atom. The third-order valence-corrected chi connectivity index (χ3v) is 5.85. The number of para-hydroxylation sites is 1. The van der Waals surface area contributed by atoms with E-state index in [0.717, 1.165) is 42.6 Å². The van der Waals surface area contributed by atoms with Crippen LogP contribution in [0, 0.1) is 25.2 Å². The van der Waals surface area contributed by atoms with Gasteiger partial charge in [0.05, 0.1) is 11.4 Å². The topological polar surface area (TPSA) is 84.9 Å². The van der Waals surface area contributed by atoms with Crippen LogP contribution in [0.25, 0.3) is 0 Å². The summed E-state index contributed by atoms with van der Waals surface area (Å²) >= 11 is 1.40. The fraction of sp³-hybridized carbons (Fsp3) is 0.381. The lowest BCUT2D eigenvalue weighted by molar-refractivity contribution is -0.113. The third-order valence-electron chi connectivity index (χ3n) is 4.84. The molecule has 0 radical (unpaired) electrons. The average Bonchev–Trinajstić information content (AvgIpc) is 2.99. The Morgan fingerprint density at radius 3 is 2.59 bits per heavy atom. The standard InChI is InChI=1S/C21H25N5O2S/c1-15-16(2)28-20(18(15)13-22)24-19(27)14-29-21(23-17-7-5-4-6-8-17)26-11-9-25(3)10-12-26/h4-8H,9-12,14H2,1-3H3,(H,24,27). The number of benzene rings is 1. The monoisotopic (exact) mass is 411 g/mol. The second-order valence-corrected chi connectivity index (χ2v) is 7.90. The van der Waals surface area contributed by atoms with Crippen LogP contribution in [-0.2, 0) is 4.79 Å². The minimum Gasteiger partial charge on any atom is -0.444 e. The molecule has 1 aromatic carbocycles. The molecular weight excluding hydrogens is 386 g/mol. The highest BCUT2D eigenvalue weighted by molar-refractivity contribution is 8.14. The molecule has 0 bridgehead atoms. The fourth-order valence-corrected chi connectivity index (χ4v) is 3.81. The average molecular weight is 412 g/mol. The second-order valence-electron chi connectivity index (χ2n) is 6.96. The zero-order chi connectivity index (χ0) is 20.8. The Morgan fingerprint density at radius 1 is 1.24 bits per heavy atom. The zero-order valence-corrected chi connectivity index (χ0v) is 17.8. The third kappa shape index (κ3) is 5.40. The van der Waals surface area contributed by atoms with Crippen LogP contribution in [0.15, 0.2) is 39.7 Å². The largest absolute Gasteiger partial charge is 0.444 e. The summed E-state index contributed by atoms with van der Waals surface area (Å²) in [7, 11) is 2.10. The Hall–Kier alpha value is -2.76. The van der Waals surface area contributed by atoms with Gasteiger partial charge in [0.1, 0.15) is 17.4 Å². The van der Waals surface area contributed by atoms with Crippen LogP contribution in [0.2, 0.25) is 0 Å². The van der Waals surface area contributed by atoms with Gasteiger partial charge in [-0.25, -0.2) is 4.99 Å². The molecule has 0 atom stereocenters. The van der Waals surface area contributed by atoms with Crippen molar-refractivity contribution in [2.24, 2.45) is 4.99 Å². The summed E-state index contributed by atoms with van der Waals surface area (Å²) in [6.07, 6.45) is 0. The molecule has 1 aliphatic rings. The van der Waals surface area contributed by atoms with E-state index in [1.807, 2.05) is 30.3 Å². The highest BCUT2D eigenvalue weighted by Crippen LogP contribution is 2.26. The molecule has 152 valence electrons. The summed E-state index contributed by atoms with van der Waals surface area (Å²) in [5.41, 5.74) is 1.98. The lowest BCUT2D eigenvalue weighted by atomic mass is 10.2. The molecule has 0 spiro atoms. The van der Waals surface area contributed by atoms with E-state index in [0.29, 0.717) is 11.3 Å². The Bertz CT molecular complexity index is 925. The number of likely N-dealkylation sites (N-methyl/N-ethyl adjacent to an activating group) is 1. The SMILES string of the molecule is Cc1oc(NC(=O)CSC(=Nc2ccccc2)N2CCN(C)CC2)c(C#N)c1C. The number of amides is 1. The van der Waals surface area contributed by atoms with Crippen molar-refractivity contribution in [1.29, 1.82) is 5.26 Å². The van der Waals surface area contributed by atoms with Crippen molar-refractivity contribution in [3.05, 3.63) is 47.2 Å². The Balaban J connectivity index is 1.70. The van der Waals surface area contributed by atoms with Crippen LogP contribution in [0.3, 0.4) is 0 Å². The number of nitrogens with one attached hydrogen (secondary N) is 1. The van der Waals surface area contributed by atoms with Crippen molar-refractivity contribution >= 4 is 34.4 Å². The first-order valence-electron chi connectivity index (χ1n) is 9.48. The summed E-state index contributed by atoms with van der Waals surface area (Å²) in [5.74, 6) is 0.805. The van der Waals surface area contributed by atoms with Crippen molar-refractivity contribution in [1.82, 2.24) is 9.80 Å². The number of aliphatic imine (C=N–C) groups is 1. The van der Waals surface area contributed by atoms with Gasteiger partial charge in [0.25, 0.3) is 0 Å². The molecule has 7 nitrogen and oxygen atoms in total. The van der Waals surface area contributed by atoms with E-state index in [-0.39, 0.29) is 17.5 Å². The number of aryl methyl sites for hydroxylation is 1. The number of piperazine rings is 1. The molecule has 1 saturated heterocycles. The molecule has 0 aliphatic carbocycles. The highest BCUT2D eigenvalue weighted by Gasteiger charge is 2.21. The summed E-state index contributed by atoms with van der Waals surface area (Å²) in [5, 5.41) is 12.9. The van der Waals surface area contributed by atoms with Crippen molar-refractivity contribution in [3.8, 4) is 6.07 Å². The quantitative estimate of drug-likeness (QED) is 0.613. The first kappa shape index (κ1) is 21.0. The van der Waals surface area contributed by atoms with Gasteiger partial charge in [0.15, 0.2) is 5.17 Å². The summed E-state index contributed by atoms with van der Waals surface area (Å²) in [6.45, 7) is 7.23. The molecule has 1 aliphatic heterocycles. The van der Waals surface area contributed by atoms with Crippen LogP contribution >= 0.6 is 11.8 Å². The molecular formula is C21H25N5O2S. The molecule has 29 heavy (non-hydrogen) atoms. The molecule has 1 fully saturated rings. The van der Waals surface area contributed by atoms with Gasteiger partial charge in [-0.05, 0) is 33.0 Å². The summed E-state index contributed by atoms with van der Waals surface area (Å²) in [6, 6.07) is 11.8. The van der Waals surface area contributed by atoms with Crippen molar-refractivity contribution < 1.29 is 9.21 Å². The smallest absolute Gasteiger partial charge is 0.237 e. The maximum absolute atomic E-state index is 12.5. The van der Waals surface area contributed by atoms with Crippen LogP contribution in [0.1, 0.15) is 16.9 Å². The minimum absolute atomic E-state index is 0.182. The van der Waals surface area contributed by atoms with E-state index in [4.69, 9.17) is 9.41 Å². The number of amidine groups is 1. The van der Waals surface area contributed by atoms with Crippen molar-refractivity contribution in [3.63, 3.8) is 0 Å². The molecule has 2 aromatic rings. The van der Waals surface area contributed by atoms with Crippen molar-refractivity contribution in [2.45, 2.75) is 13.8 Å². The number of hydrogen-bond acceptors (Lipinski definition) is 6. The minimum atomic E-state index is -0.227. The second kappa shape index (κ2) is 9.63. The van der Waals surface area contributed by atoms with Gasteiger partial charge >= 0.3 is 0 Å². The predicted molar refractivity (Wildman–Crippen MR) is 117 cm³/mol. The first-order chi connectivity index (χ1) is 14.0. The van der Waals surface area contributed by atoms with Crippen molar-refractivity contribution in [2.75, 3.05) is 44.3 Å². The fourth-order valence-electron chi connectivity index (χ4n) is 2.95. The Kier molecular flexibility index (Phi) is 6.96. The highest BCUT2D eigenvalue weighted by atomic mass is 32.2. The van der Waals surface area contributed by atoms with Crippen LogP contribution < -0.4 is 5.32 Å². The number of nitriles is 1. The molecule has 8 heteroatoms. The van der Waals surface area contributed by atoms with Gasteiger partial charge in [-0.2, -0.15) is 5.26 Å². The zero-order valence-electron chi connectivity index (χ0n) is 16.9. The lowest BCUT2D eigenvalue weighted by Gasteiger charge is -2.34. The number of furan rings is 1. The van der Waals surface area contributed by atoms with Gasteiger partial charge in [-0.15, -0.1) is 0 Å². The normalized spacial score (nSPS) is 15.2. The molecule has 2 heterocycles.